The Morgan fingerprint density at radius 2 is 2.07 bits per heavy atom. The largest absolute Gasteiger partial charge is 0.319 e. The number of nitrogens with one attached hydrogen (secondary N) is 1. The van der Waals surface area contributed by atoms with Crippen molar-refractivity contribution in [3.63, 3.8) is 0 Å². The van der Waals surface area contributed by atoms with Crippen LogP contribution in [-0.2, 0) is 0 Å². The van der Waals surface area contributed by atoms with Gasteiger partial charge in [-0.3, -0.25) is 4.90 Å². The summed E-state index contributed by atoms with van der Waals surface area (Å²) in [6.07, 6.45) is 8.62. The molecule has 0 aromatic heterocycles. The Balaban J connectivity index is 1.83. The van der Waals surface area contributed by atoms with E-state index in [1.54, 1.807) is 0 Å². The van der Waals surface area contributed by atoms with E-state index in [4.69, 9.17) is 0 Å². The molecule has 0 spiro atoms. The number of nitrogens with zero attached hydrogens (tertiary/aromatic N) is 1. The molecular weight excluding hydrogens is 184 g/mol. The van der Waals surface area contributed by atoms with E-state index in [-0.39, 0.29) is 0 Å². The minimum absolute atomic E-state index is 0.845. The molecule has 2 aliphatic rings. The molecule has 0 bridgehead atoms. The fourth-order valence-corrected chi connectivity index (χ4v) is 3.49. The van der Waals surface area contributed by atoms with E-state index in [0.717, 1.165) is 18.0 Å². The molecular formula is C13H26N2. The Morgan fingerprint density at radius 3 is 2.80 bits per heavy atom. The molecule has 1 saturated heterocycles. The molecule has 15 heavy (non-hydrogen) atoms. The average Bonchev–Trinajstić information content (AvgIpc) is 2.68. The van der Waals surface area contributed by atoms with E-state index < -0.39 is 0 Å². The van der Waals surface area contributed by atoms with Crippen molar-refractivity contribution >= 4 is 0 Å². The first-order valence-electron chi connectivity index (χ1n) is 6.71. The lowest BCUT2D eigenvalue weighted by molar-refractivity contribution is 0.105. The van der Waals surface area contributed by atoms with Crippen LogP contribution in [0.3, 0.4) is 0 Å². The lowest BCUT2D eigenvalue weighted by atomic mass is 10.00. The molecule has 0 aromatic rings. The first-order chi connectivity index (χ1) is 7.31. The fraction of sp³-hybridized carbons (Fsp3) is 1.00. The third kappa shape index (κ3) is 2.73. The molecule has 3 atom stereocenters. The van der Waals surface area contributed by atoms with E-state index in [1.807, 2.05) is 0 Å². The highest BCUT2D eigenvalue weighted by Gasteiger charge is 2.32. The molecule has 0 radical (unpaired) electrons. The van der Waals surface area contributed by atoms with Gasteiger partial charge in [0.15, 0.2) is 0 Å². The smallest absolute Gasteiger partial charge is 0.0101 e. The van der Waals surface area contributed by atoms with Gasteiger partial charge in [-0.15, -0.1) is 0 Å². The van der Waals surface area contributed by atoms with Gasteiger partial charge in [0.1, 0.15) is 0 Å². The topological polar surface area (TPSA) is 15.3 Å². The maximum absolute atomic E-state index is 3.33. The van der Waals surface area contributed by atoms with Gasteiger partial charge in [0.05, 0.1) is 0 Å². The van der Waals surface area contributed by atoms with Crippen molar-refractivity contribution in [2.75, 3.05) is 20.1 Å². The summed E-state index contributed by atoms with van der Waals surface area (Å²) in [5.74, 6) is 0.939. The zero-order valence-corrected chi connectivity index (χ0v) is 10.3. The van der Waals surface area contributed by atoms with Crippen LogP contribution in [0.25, 0.3) is 0 Å². The van der Waals surface area contributed by atoms with E-state index in [2.05, 4.69) is 24.2 Å². The van der Waals surface area contributed by atoms with Crippen LogP contribution in [0.2, 0.25) is 0 Å². The molecule has 2 fully saturated rings. The Morgan fingerprint density at radius 1 is 1.20 bits per heavy atom. The third-order valence-electron chi connectivity index (χ3n) is 4.33. The summed E-state index contributed by atoms with van der Waals surface area (Å²) in [5.41, 5.74) is 0. The molecule has 1 saturated carbocycles. The molecule has 2 heteroatoms. The van der Waals surface area contributed by atoms with Crippen molar-refractivity contribution in [2.24, 2.45) is 5.92 Å². The maximum atomic E-state index is 3.33. The van der Waals surface area contributed by atoms with E-state index >= 15 is 0 Å². The lowest BCUT2D eigenvalue weighted by Crippen LogP contribution is -2.43. The van der Waals surface area contributed by atoms with Gasteiger partial charge in [0.2, 0.25) is 0 Å². The highest BCUT2D eigenvalue weighted by Crippen LogP contribution is 2.32. The molecule has 0 amide bonds. The summed E-state index contributed by atoms with van der Waals surface area (Å²) in [6.45, 7) is 5.00. The molecule has 88 valence electrons. The highest BCUT2D eigenvalue weighted by molar-refractivity contribution is 4.87. The van der Waals surface area contributed by atoms with Crippen LogP contribution in [-0.4, -0.2) is 37.1 Å². The zero-order chi connectivity index (χ0) is 10.7. The molecule has 1 heterocycles. The van der Waals surface area contributed by atoms with Crippen molar-refractivity contribution in [1.82, 2.24) is 10.2 Å². The summed E-state index contributed by atoms with van der Waals surface area (Å²) in [6, 6.07) is 1.75. The molecule has 2 rings (SSSR count). The Hall–Kier alpha value is -0.0800. The van der Waals surface area contributed by atoms with Crippen molar-refractivity contribution in [1.29, 1.82) is 0 Å². The SMILES string of the molecule is CNCC1CCC(N2CCCCC2C)C1. The second-order valence-electron chi connectivity index (χ2n) is 5.47. The lowest BCUT2D eigenvalue weighted by Gasteiger charge is -2.38. The molecule has 2 nitrogen and oxygen atoms in total. The van der Waals surface area contributed by atoms with Crippen LogP contribution in [0.5, 0.6) is 0 Å². The molecule has 1 aliphatic heterocycles. The van der Waals surface area contributed by atoms with Crippen LogP contribution < -0.4 is 5.32 Å². The van der Waals surface area contributed by atoms with Crippen molar-refractivity contribution in [3.8, 4) is 0 Å². The number of rotatable bonds is 3. The van der Waals surface area contributed by atoms with Gasteiger partial charge < -0.3 is 5.32 Å². The normalized spacial score (nSPS) is 38.4. The summed E-state index contributed by atoms with van der Waals surface area (Å²) in [7, 11) is 2.08. The quantitative estimate of drug-likeness (QED) is 0.768. The summed E-state index contributed by atoms with van der Waals surface area (Å²) in [5, 5.41) is 3.33. The van der Waals surface area contributed by atoms with Crippen molar-refractivity contribution in [3.05, 3.63) is 0 Å². The first kappa shape index (κ1) is 11.4. The Labute approximate surface area is 94.4 Å². The molecule has 0 aromatic carbocycles. The highest BCUT2D eigenvalue weighted by atomic mass is 15.2. The van der Waals surface area contributed by atoms with Crippen LogP contribution in [0.15, 0.2) is 0 Å². The van der Waals surface area contributed by atoms with Gasteiger partial charge in [-0.25, -0.2) is 0 Å². The standard InChI is InChI=1S/C13H26N2/c1-11-5-3-4-8-15(11)13-7-6-12(9-13)10-14-2/h11-14H,3-10H2,1-2H3. The van der Waals surface area contributed by atoms with Crippen LogP contribution in [0.1, 0.15) is 45.4 Å². The fourth-order valence-electron chi connectivity index (χ4n) is 3.49. The first-order valence-corrected chi connectivity index (χ1v) is 6.71. The van der Waals surface area contributed by atoms with Gasteiger partial charge in [-0.1, -0.05) is 6.42 Å². The van der Waals surface area contributed by atoms with E-state index in [9.17, 15) is 0 Å². The van der Waals surface area contributed by atoms with E-state index in [1.165, 1.54) is 51.6 Å². The maximum Gasteiger partial charge on any atom is 0.0101 e. The minimum Gasteiger partial charge on any atom is -0.319 e. The Bertz CT molecular complexity index is 193. The van der Waals surface area contributed by atoms with Crippen molar-refractivity contribution in [2.45, 2.75) is 57.5 Å². The summed E-state index contributed by atoms with van der Waals surface area (Å²) >= 11 is 0. The number of hydrogen-bond acceptors (Lipinski definition) is 2. The second kappa shape index (κ2) is 5.31. The predicted molar refractivity (Wildman–Crippen MR) is 65.1 cm³/mol. The number of piperidine rings is 1. The van der Waals surface area contributed by atoms with Gasteiger partial charge in [0.25, 0.3) is 0 Å². The summed E-state index contributed by atoms with van der Waals surface area (Å²) in [4.78, 5) is 2.79. The average molecular weight is 210 g/mol. The molecule has 1 aliphatic carbocycles. The zero-order valence-electron chi connectivity index (χ0n) is 10.3. The van der Waals surface area contributed by atoms with Crippen molar-refractivity contribution < 1.29 is 0 Å². The van der Waals surface area contributed by atoms with Gasteiger partial charge in [-0.05, 0) is 65.1 Å². The van der Waals surface area contributed by atoms with Crippen LogP contribution in [0.4, 0.5) is 0 Å². The van der Waals surface area contributed by atoms with E-state index in [0.29, 0.717) is 0 Å². The Kier molecular flexibility index (Phi) is 4.04. The predicted octanol–water partition coefficient (Wildman–Crippen LogP) is 2.25. The third-order valence-corrected chi connectivity index (χ3v) is 4.33. The molecule has 3 unspecified atom stereocenters. The summed E-state index contributed by atoms with van der Waals surface area (Å²) < 4.78 is 0. The van der Waals surface area contributed by atoms with Gasteiger partial charge in [-0.2, -0.15) is 0 Å². The number of likely N-dealkylation sites (tertiary alicyclic amines) is 1. The second-order valence-corrected chi connectivity index (χ2v) is 5.47. The minimum atomic E-state index is 0.845. The van der Waals surface area contributed by atoms with Gasteiger partial charge in [0, 0.05) is 12.1 Å². The van der Waals surface area contributed by atoms with Gasteiger partial charge >= 0.3 is 0 Å². The number of hydrogen-bond donors (Lipinski definition) is 1. The monoisotopic (exact) mass is 210 g/mol. The van der Waals surface area contributed by atoms with Crippen LogP contribution in [0, 0.1) is 5.92 Å². The van der Waals surface area contributed by atoms with Crippen LogP contribution >= 0.6 is 0 Å². The molecule has 1 N–H and O–H groups in total.